The average Bonchev–Trinajstić information content (AvgIpc) is 3.22. The minimum Gasteiger partial charge on any atom is -0.490 e. The zero-order valence-corrected chi connectivity index (χ0v) is 17.2. The molecule has 1 aliphatic carbocycles. The smallest absolute Gasteiger partial charge is 0.339 e. The van der Waals surface area contributed by atoms with Gasteiger partial charge in [0.05, 0.1) is 34.7 Å². The Hall–Kier alpha value is -3.62. The lowest BCUT2D eigenvalue weighted by molar-refractivity contribution is -0.122. The van der Waals surface area contributed by atoms with E-state index in [4.69, 9.17) is 10.5 Å². The number of nitrogens with one attached hydrogen (secondary N) is 1. The summed E-state index contributed by atoms with van der Waals surface area (Å²) in [6, 6.07) is 5.52. The summed E-state index contributed by atoms with van der Waals surface area (Å²) in [7, 11) is 0. The SMILES string of the molecule is Cc1nc2cccc(OC3CCC(NC(=O)Cn4ccnc4)CC3)c2c(N)c1C(=O)O. The minimum atomic E-state index is -1.11. The quantitative estimate of drug-likeness (QED) is 0.555. The van der Waals surface area contributed by atoms with Gasteiger partial charge in [0.15, 0.2) is 0 Å². The first-order valence-corrected chi connectivity index (χ1v) is 10.3. The number of aromatic nitrogens is 3. The zero-order chi connectivity index (χ0) is 22.0. The third kappa shape index (κ3) is 4.45. The first kappa shape index (κ1) is 20.6. The summed E-state index contributed by atoms with van der Waals surface area (Å²) in [6.45, 7) is 1.89. The van der Waals surface area contributed by atoms with Crippen molar-refractivity contribution >= 4 is 28.5 Å². The minimum absolute atomic E-state index is 0.00728. The Kier molecular flexibility index (Phi) is 5.75. The van der Waals surface area contributed by atoms with Crippen molar-refractivity contribution in [3.05, 3.63) is 48.2 Å². The van der Waals surface area contributed by atoms with Crippen molar-refractivity contribution in [1.29, 1.82) is 0 Å². The van der Waals surface area contributed by atoms with Crippen molar-refractivity contribution in [1.82, 2.24) is 19.9 Å². The van der Waals surface area contributed by atoms with Gasteiger partial charge in [-0.1, -0.05) is 6.07 Å². The molecule has 0 unspecified atom stereocenters. The van der Waals surface area contributed by atoms with Crippen molar-refractivity contribution in [3.8, 4) is 5.75 Å². The summed E-state index contributed by atoms with van der Waals surface area (Å²) < 4.78 is 7.96. The van der Waals surface area contributed by atoms with Crippen LogP contribution in [0.15, 0.2) is 36.9 Å². The van der Waals surface area contributed by atoms with E-state index in [9.17, 15) is 14.7 Å². The predicted octanol–water partition coefficient (Wildman–Crippen LogP) is 2.53. The van der Waals surface area contributed by atoms with Gasteiger partial charge in [-0.2, -0.15) is 0 Å². The van der Waals surface area contributed by atoms with E-state index in [0.717, 1.165) is 25.7 Å². The van der Waals surface area contributed by atoms with Gasteiger partial charge in [-0.05, 0) is 44.7 Å². The Labute approximate surface area is 179 Å². The Bertz CT molecular complexity index is 1100. The van der Waals surface area contributed by atoms with Crippen LogP contribution < -0.4 is 15.8 Å². The van der Waals surface area contributed by atoms with Crippen LogP contribution in [0.2, 0.25) is 0 Å². The molecule has 1 aromatic carbocycles. The molecule has 3 aromatic rings. The van der Waals surface area contributed by atoms with Crippen molar-refractivity contribution in [2.24, 2.45) is 0 Å². The highest BCUT2D eigenvalue weighted by Gasteiger charge is 2.25. The zero-order valence-electron chi connectivity index (χ0n) is 17.2. The molecule has 1 saturated carbocycles. The number of benzene rings is 1. The molecule has 31 heavy (non-hydrogen) atoms. The van der Waals surface area contributed by atoms with Gasteiger partial charge in [0.2, 0.25) is 5.91 Å². The van der Waals surface area contributed by atoms with Gasteiger partial charge in [0.25, 0.3) is 0 Å². The molecule has 0 radical (unpaired) electrons. The third-order valence-electron chi connectivity index (χ3n) is 5.63. The van der Waals surface area contributed by atoms with Crippen LogP contribution in [0.4, 0.5) is 5.69 Å². The van der Waals surface area contributed by atoms with Gasteiger partial charge in [-0.3, -0.25) is 9.78 Å². The van der Waals surface area contributed by atoms with Crippen molar-refractivity contribution in [2.45, 2.75) is 51.3 Å². The van der Waals surface area contributed by atoms with E-state index in [1.807, 2.05) is 6.07 Å². The molecule has 4 N–H and O–H groups in total. The molecule has 162 valence electrons. The summed E-state index contributed by atoms with van der Waals surface area (Å²) in [5.74, 6) is -0.601. The molecule has 0 aliphatic heterocycles. The van der Waals surface area contributed by atoms with E-state index < -0.39 is 5.97 Å². The van der Waals surface area contributed by atoms with Gasteiger partial charge in [-0.15, -0.1) is 0 Å². The number of rotatable bonds is 6. The van der Waals surface area contributed by atoms with Crippen LogP contribution in [0.1, 0.15) is 41.7 Å². The highest BCUT2D eigenvalue weighted by molar-refractivity contribution is 6.06. The first-order valence-electron chi connectivity index (χ1n) is 10.3. The van der Waals surface area contributed by atoms with Crippen molar-refractivity contribution in [3.63, 3.8) is 0 Å². The van der Waals surface area contributed by atoms with Gasteiger partial charge < -0.3 is 25.5 Å². The standard InChI is InChI=1S/C22H25N5O4/c1-13-19(22(29)30)21(23)20-16(25-13)3-2-4-17(20)31-15-7-5-14(6-8-15)26-18(28)11-27-10-9-24-12-27/h2-4,9-10,12,14-15H,5-8,11H2,1H3,(H2,23,25)(H,26,28)(H,29,30). The lowest BCUT2D eigenvalue weighted by Crippen LogP contribution is -2.41. The van der Waals surface area contributed by atoms with E-state index in [1.165, 1.54) is 0 Å². The number of nitrogens with two attached hydrogens (primary N) is 1. The second kappa shape index (κ2) is 8.63. The third-order valence-corrected chi connectivity index (χ3v) is 5.63. The van der Waals surface area contributed by atoms with Crippen LogP contribution in [-0.4, -0.2) is 43.7 Å². The summed E-state index contributed by atoms with van der Waals surface area (Å²) >= 11 is 0. The lowest BCUT2D eigenvalue weighted by atomic mass is 9.92. The van der Waals surface area contributed by atoms with Crippen LogP contribution in [0.5, 0.6) is 5.75 Å². The second-order valence-corrected chi connectivity index (χ2v) is 7.84. The number of fused-ring (bicyclic) bond motifs is 1. The number of carboxylic acid groups (broad SMARTS) is 1. The highest BCUT2D eigenvalue weighted by atomic mass is 16.5. The number of nitrogens with zero attached hydrogens (tertiary/aromatic N) is 3. The van der Waals surface area contributed by atoms with Crippen LogP contribution in [0.3, 0.4) is 0 Å². The maximum atomic E-state index is 12.2. The average molecular weight is 423 g/mol. The first-order chi connectivity index (χ1) is 14.9. The van der Waals surface area contributed by atoms with E-state index >= 15 is 0 Å². The van der Waals surface area contributed by atoms with Crippen LogP contribution >= 0.6 is 0 Å². The van der Waals surface area contributed by atoms with Crippen molar-refractivity contribution in [2.75, 3.05) is 5.73 Å². The fraction of sp³-hybridized carbons (Fsp3) is 0.364. The van der Waals surface area contributed by atoms with E-state index in [1.54, 1.807) is 42.3 Å². The number of ether oxygens (including phenoxy) is 1. The summed E-state index contributed by atoms with van der Waals surface area (Å²) in [5, 5.41) is 13.1. The maximum absolute atomic E-state index is 12.2. The largest absolute Gasteiger partial charge is 0.490 e. The number of pyridine rings is 1. The molecule has 4 rings (SSSR count). The highest BCUT2D eigenvalue weighted by Crippen LogP contribution is 2.35. The van der Waals surface area contributed by atoms with E-state index in [-0.39, 0.29) is 35.8 Å². The summed E-state index contributed by atoms with van der Waals surface area (Å²) in [5.41, 5.74) is 7.37. The van der Waals surface area contributed by atoms with Gasteiger partial charge in [-0.25, -0.2) is 9.78 Å². The normalized spacial score (nSPS) is 18.6. The van der Waals surface area contributed by atoms with Gasteiger partial charge in [0.1, 0.15) is 17.9 Å². The van der Waals surface area contributed by atoms with Crippen LogP contribution in [-0.2, 0) is 11.3 Å². The van der Waals surface area contributed by atoms with Gasteiger partial charge >= 0.3 is 5.97 Å². The Morgan fingerprint density at radius 3 is 2.74 bits per heavy atom. The monoisotopic (exact) mass is 423 g/mol. The van der Waals surface area contributed by atoms with E-state index in [2.05, 4.69) is 15.3 Å². The molecule has 0 atom stereocenters. The molecule has 0 bridgehead atoms. The molecule has 2 aromatic heterocycles. The van der Waals surface area contributed by atoms with Gasteiger partial charge in [0, 0.05) is 18.4 Å². The molecule has 1 fully saturated rings. The number of carboxylic acids is 1. The number of imidazole rings is 1. The Morgan fingerprint density at radius 2 is 2.06 bits per heavy atom. The summed E-state index contributed by atoms with van der Waals surface area (Å²) in [6.07, 6.45) is 8.14. The second-order valence-electron chi connectivity index (χ2n) is 7.84. The summed E-state index contributed by atoms with van der Waals surface area (Å²) in [4.78, 5) is 32.1. The molecular weight excluding hydrogens is 398 g/mol. The fourth-order valence-corrected chi connectivity index (χ4v) is 4.13. The number of carbonyl (C=O) groups is 2. The number of hydrogen-bond donors (Lipinski definition) is 3. The number of amides is 1. The number of carbonyl (C=O) groups excluding carboxylic acids is 1. The molecule has 1 amide bonds. The predicted molar refractivity (Wildman–Crippen MR) is 115 cm³/mol. The molecule has 0 saturated heterocycles. The number of aromatic carboxylic acids is 1. The maximum Gasteiger partial charge on any atom is 0.339 e. The number of hydrogen-bond acceptors (Lipinski definition) is 6. The number of aryl methyl sites for hydroxylation is 1. The Morgan fingerprint density at radius 1 is 1.29 bits per heavy atom. The molecular formula is C22H25N5O4. The lowest BCUT2D eigenvalue weighted by Gasteiger charge is -2.30. The van der Waals surface area contributed by atoms with Crippen LogP contribution in [0.25, 0.3) is 10.9 Å². The molecule has 0 spiro atoms. The molecule has 1 aliphatic rings. The van der Waals surface area contributed by atoms with Crippen LogP contribution in [0, 0.1) is 6.92 Å². The Balaban J connectivity index is 1.42. The van der Waals surface area contributed by atoms with E-state index in [0.29, 0.717) is 22.3 Å². The number of anilines is 1. The molecule has 9 nitrogen and oxygen atoms in total. The van der Waals surface area contributed by atoms with Crippen molar-refractivity contribution < 1.29 is 19.4 Å². The topological polar surface area (TPSA) is 132 Å². The molecule has 9 heteroatoms. The fourth-order valence-electron chi connectivity index (χ4n) is 4.13. The molecule has 2 heterocycles. The number of nitrogen functional groups attached to an aromatic ring is 1.